The molecule has 1 fully saturated rings. The molecule has 1 aliphatic carbocycles. The number of hydrogen-bond donors (Lipinski definition) is 1. The minimum Gasteiger partial charge on any atom is -0.490 e. The number of nitrogens with zero attached hydrogens (tertiary/aromatic N) is 1. The Morgan fingerprint density at radius 2 is 1.79 bits per heavy atom. The molecule has 0 spiro atoms. The zero-order valence-electron chi connectivity index (χ0n) is 15.7. The van der Waals surface area contributed by atoms with Crippen LogP contribution in [-0.4, -0.2) is 17.6 Å². The number of hydrogen-bond acceptors (Lipinski definition) is 3. The van der Waals surface area contributed by atoms with Crippen LogP contribution < -0.4 is 10.1 Å². The van der Waals surface area contributed by atoms with Crippen molar-refractivity contribution in [3.8, 4) is 5.75 Å². The van der Waals surface area contributed by atoms with E-state index in [-0.39, 0.29) is 6.10 Å². The lowest BCUT2D eigenvalue weighted by Crippen LogP contribution is -2.30. The van der Waals surface area contributed by atoms with E-state index in [1.54, 1.807) is 12.3 Å². The predicted octanol–water partition coefficient (Wildman–Crippen LogP) is 5.24. The lowest BCUT2D eigenvalue weighted by Gasteiger charge is -2.29. The van der Waals surface area contributed by atoms with Crippen LogP contribution in [0.4, 0.5) is 8.78 Å². The van der Waals surface area contributed by atoms with Crippen LogP contribution in [0, 0.1) is 17.6 Å². The Balaban J connectivity index is 1.25. The standard InChI is InChI=1S/C23H24F2N2O/c24-20-10-7-17(13-21(20)25)15-26-14-16-5-8-18(9-6-16)28-23-11-12-27-22-4-2-1-3-19(22)23/h1-4,7,10-13,16,18,26H,5-6,8-9,14-15H2. The van der Waals surface area contributed by atoms with Crippen molar-refractivity contribution >= 4 is 10.9 Å². The first kappa shape index (κ1) is 18.8. The molecule has 3 nitrogen and oxygen atoms in total. The molecule has 146 valence electrons. The van der Waals surface area contributed by atoms with E-state index in [2.05, 4.69) is 10.3 Å². The van der Waals surface area contributed by atoms with Crippen molar-refractivity contribution in [1.29, 1.82) is 0 Å². The molecule has 0 aliphatic heterocycles. The van der Waals surface area contributed by atoms with Crippen LogP contribution in [0.2, 0.25) is 0 Å². The minimum atomic E-state index is -0.802. The van der Waals surface area contributed by atoms with Crippen LogP contribution in [0.1, 0.15) is 31.2 Å². The third-order valence-corrected chi connectivity index (χ3v) is 5.44. The van der Waals surface area contributed by atoms with E-state index in [1.165, 1.54) is 12.1 Å². The van der Waals surface area contributed by atoms with E-state index in [4.69, 9.17) is 4.74 Å². The molecule has 2 aromatic carbocycles. The van der Waals surface area contributed by atoms with Crippen molar-refractivity contribution in [2.24, 2.45) is 5.92 Å². The molecule has 5 heteroatoms. The van der Waals surface area contributed by atoms with Gasteiger partial charge >= 0.3 is 0 Å². The number of nitrogens with one attached hydrogen (secondary N) is 1. The smallest absolute Gasteiger partial charge is 0.159 e. The van der Waals surface area contributed by atoms with Crippen molar-refractivity contribution in [2.45, 2.75) is 38.3 Å². The fourth-order valence-electron chi connectivity index (χ4n) is 3.88. The first-order valence-corrected chi connectivity index (χ1v) is 9.84. The van der Waals surface area contributed by atoms with Crippen molar-refractivity contribution in [3.63, 3.8) is 0 Å². The van der Waals surface area contributed by atoms with Gasteiger partial charge in [0, 0.05) is 18.1 Å². The van der Waals surface area contributed by atoms with Gasteiger partial charge in [-0.1, -0.05) is 18.2 Å². The summed E-state index contributed by atoms with van der Waals surface area (Å²) in [5, 5.41) is 4.42. The number of ether oxygens (including phenoxy) is 1. The normalized spacial score (nSPS) is 19.6. The summed E-state index contributed by atoms with van der Waals surface area (Å²) in [7, 11) is 0. The van der Waals surface area contributed by atoms with Crippen molar-refractivity contribution < 1.29 is 13.5 Å². The summed E-state index contributed by atoms with van der Waals surface area (Å²) in [6.45, 7) is 1.43. The Morgan fingerprint density at radius 1 is 0.964 bits per heavy atom. The molecule has 1 N–H and O–H groups in total. The van der Waals surface area contributed by atoms with Crippen molar-refractivity contribution in [3.05, 3.63) is 71.9 Å². The quantitative estimate of drug-likeness (QED) is 0.633. The van der Waals surface area contributed by atoms with Gasteiger partial charge in [0.15, 0.2) is 11.6 Å². The van der Waals surface area contributed by atoms with Gasteiger partial charge in [-0.05, 0) is 74.0 Å². The monoisotopic (exact) mass is 382 g/mol. The van der Waals surface area contributed by atoms with Gasteiger partial charge < -0.3 is 10.1 Å². The van der Waals surface area contributed by atoms with Gasteiger partial charge in [-0.25, -0.2) is 8.78 Å². The van der Waals surface area contributed by atoms with Crippen LogP contribution >= 0.6 is 0 Å². The van der Waals surface area contributed by atoms with Crippen LogP contribution in [0.15, 0.2) is 54.7 Å². The van der Waals surface area contributed by atoms with Crippen LogP contribution in [0.5, 0.6) is 5.75 Å². The number of para-hydroxylation sites is 1. The molecule has 0 amide bonds. The summed E-state index contributed by atoms with van der Waals surface area (Å²) in [6.07, 6.45) is 6.26. The third-order valence-electron chi connectivity index (χ3n) is 5.44. The Kier molecular flexibility index (Phi) is 5.81. The molecule has 28 heavy (non-hydrogen) atoms. The van der Waals surface area contributed by atoms with Crippen LogP contribution in [-0.2, 0) is 6.54 Å². The Labute approximate surface area is 163 Å². The molecule has 0 bridgehead atoms. The highest BCUT2D eigenvalue weighted by molar-refractivity contribution is 5.84. The Morgan fingerprint density at radius 3 is 2.61 bits per heavy atom. The lowest BCUT2D eigenvalue weighted by molar-refractivity contribution is 0.132. The van der Waals surface area contributed by atoms with E-state index in [0.29, 0.717) is 12.5 Å². The summed E-state index contributed by atoms with van der Waals surface area (Å²) >= 11 is 0. The first-order chi connectivity index (χ1) is 13.7. The minimum absolute atomic E-state index is 0.230. The largest absolute Gasteiger partial charge is 0.490 e. The second kappa shape index (κ2) is 8.65. The van der Waals surface area contributed by atoms with E-state index < -0.39 is 11.6 Å². The summed E-state index contributed by atoms with van der Waals surface area (Å²) in [5.41, 5.74) is 1.72. The zero-order valence-corrected chi connectivity index (χ0v) is 15.7. The van der Waals surface area contributed by atoms with Crippen LogP contribution in [0.25, 0.3) is 10.9 Å². The van der Waals surface area contributed by atoms with Gasteiger partial charge in [0.05, 0.1) is 11.6 Å². The van der Waals surface area contributed by atoms with Gasteiger partial charge in [0.25, 0.3) is 0 Å². The maximum absolute atomic E-state index is 13.3. The maximum Gasteiger partial charge on any atom is 0.159 e. The first-order valence-electron chi connectivity index (χ1n) is 9.84. The summed E-state index contributed by atoms with van der Waals surface area (Å²) in [5.74, 6) is -0.102. The second-order valence-electron chi connectivity index (χ2n) is 7.47. The van der Waals surface area contributed by atoms with Crippen molar-refractivity contribution in [2.75, 3.05) is 6.54 Å². The van der Waals surface area contributed by atoms with Gasteiger partial charge in [-0.3, -0.25) is 4.98 Å². The molecule has 0 saturated heterocycles. The molecular formula is C23H24F2N2O. The lowest BCUT2D eigenvalue weighted by atomic mass is 9.87. The number of fused-ring (bicyclic) bond motifs is 1. The molecule has 0 unspecified atom stereocenters. The van der Waals surface area contributed by atoms with Gasteiger partial charge in [0.1, 0.15) is 5.75 Å². The predicted molar refractivity (Wildman–Crippen MR) is 106 cm³/mol. The fourth-order valence-corrected chi connectivity index (χ4v) is 3.88. The topological polar surface area (TPSA) is 34.1 Å². The second-order valence-corrected chi connectivity index (χ2v) is 7.47. The highest BCUT2D eigenvalue weighted by Crippen LogP contribution is 2.30. The zero-order chi connectivity index (χ0) is 19.3. The molecule has 3 aromatic rings. The summed E-state index contributed by atoms with van der Waals surface area (Å²) < 4.78 is 32.5. The number of rotatable bonds is 6. The molecule has 1 heterocycles. The fraction of sp³-hybridized carbons (Fsp3) is 0.348. The number of benzene rings is 2. The number of aromatic nitrogens is 1. The molecule has 1 aliphatic rings. The molecule has 1 aromatic heterocycles. The van der Waals surface area contributed by atoms with E-state index in [0.717, 1.165) is 54.4 Å². The molecule has 0 radical (unpaired) electrons. The van der Waals surface area contributed by atoms with Gasteiger partial charge in [0.2, 0.25) is 0 Å². The highest BCUT2D eigenvalue weighted by Gasteiger charge is 2.22. The SMILES string of the molecule is Fc1ccc(CNCC2CCC(Oc3ccnc4ccccc34)CC2)cc1F. The molecule has 0 atom stereocenters. The third kappa shape index (κ3) is 4.47. The average molecular weight is 382 g/mol. The maximum atomic E-state index is 13.3. The van der Waals surface area contributed by atoms with E-state index in [9.17, 15) is 8.78 Å². The van der Waals surface area contributed by atoms with Gasteiger partial charge in [-0.2, -0.15) is 0 Å². The Bertz CT molecular complexity index is 934. The number of pyridine rings is 1. The average Bonchev–Trinajstić information content (AvgIpc) is 2.72. The molecule has 4 rings (SSSR count). The highest BCUT2D eigenvalue weighted by atomic mass is 19.2. The van der Waals surface area contributed by atoms with Crippen molar-refractivity contribution in [1.82, 2.24) is 10.3 Å². The van der Waals surface area contributed by atoms with Gasteiger partial charge in [-0.15, -0.1) is 0 Å². The van der Waals surface area contributed by atoms with E-state index >= 15 is 0 Å². The molecule has 1 saturated carbocycles. The van der Waals surface area contributed by atoms with E-state index in [1.807, 2.05) is 30.3 Å². The summed E-state index contributed by atoms with van der Waals surface area (Å²) in [4.78, 5) is 4.38. The van der Waals surface area contributed by atoms with Crippen LogP contribution in [0.3, 0.4) is 0 Å². The summed E-state index contributed by atoms with van der Waals surface area (Å²) in [6, 6.07) is 14.0. The Hall–Kier alpha value is -2.53. The number of halogens is 2. The molecular weight excluding hydrogens is 358 g/mol.